The van der Waals surface area contributed by atoms with Gasteiger partial charge in [0.1, 0.15) is 6.04 Å². The van der Waals surface area contributed by atoms with E-state index in [2.05, 4.69) is 26.5 Å². The number of fused-ring (bicyclic) bond motifs is 1. The number of benzene rings is 1. The molecule has 0 aromatic heterocycles. The number of rotatable bonds is 6. The van der Waals surface area contributed by atoms with Crippen molar-refractivity contribution in [3.63, 3.8) is 0 Å². The van der Waals surface area contributed by atoms with Gasteiger partial charge in [0, 0.05) is 64.8 Å². The zero-order valence-corrected chi connectivity index (χ0v) is 18.1. The lowest BCUT2D eigenvalue weighted by Crippen LogP contribution is -2.61. The molecule has 1 aromatic rings. The first kappa shape index (κ1) is 21.4. The number of aldehydes is 1. The first-order valence-corrected chi connectivity index (χ1v) is 11.4. The second-order valence-corrected chi connectivity index (χ2v) is 9.22. The number of carbonyl (C=O) groups is 4. The summed E-state index contributed by atoms with van der Waals surface area (Å²) in [4.78, 5) is 54.8. The van der Waals surface area contributed by atoms with E-state index in [1.807, 2.05) is 12.1 Å². The Labute approximate surface area is 187 Å². The second-order valence-electron chi connectivity index (χ2n) is 9.22. The van der Waals surface area contributed by atoms with Crippen LogP contribution >= 0.6 is 0 Å². The Bertz CT molecular complexity index is 938. The smallest absolute Gasteiger partial charge is 0.243 e. The van der Waals surface area contributed by atoms with Crippen molar-refractivity contribution in [2.24, 2.45) is 0 Å². The first-order chi connectivity index (χ1) is 15.5. The zero-order chi connectivity index (χ0) is 22.2. The van der Waals surface area contributed by atoms with Gasteiger partial charge in [0.2, 0.25) is 17.6 Å². The van der Waals surface area contributed by atoms with Crippen LogP contribution in [0, 0.1) is 0 Å². The summed E-state index contributed by atoms with van der Waals surface area (Å²) in [6.45, 7) is 7.52. The molecule has 170 valence electrons. The van der Waals surface area contributed by atoms with E-state index < -0.39 is 23.8 Å². The topological polar surface area (TPSA) is 102 Å². The number of carbonyl (C=O) groups excluding carboxylic acids is 4. The van der Waals surface area contributed by atoms with Crippen molar-refractivity contribution in [2.45, 2.75) is 44.1 Å². The van der Waals surface area contributed by atoms with Crippen LogP contribution in [0.2, 0.25) is 0 Å². The van der Waals surface area contributed by atoms with Gasteiger partial charge in [-0.2, -0.15) is 0 Å². The number of ketones is 1. The molecule has 5 rings (SSSR count). The number of piperazine rings is 1. The van der Waals surface area contributed by atoms with E-state index in [0.29, 0.717) is 25.3 Å². The fraction of sp³-hybridized carbons (Fsp3) is 0.565. The predicted molar refractivity (Wildman–Crippen MR) is 115 cm³/mol. The summed E-state index contributed by atoms with van der Waals surface area (Å²) in [7, 11) is 0. The molecule has 0 spiro atoms. The molecule has 4 heterocycles. The molecular formula is C23H29N5O4. The SMILES string of the molecule is O=CC(=O)C1c2cc(CN3CCN(C4CNC4)CC3)ccc2CN1C1CCC(=O)NC1=O. The molecule has 9 heteroatoms. The molecule has 0 aliphatic carbocycles. The number of Topliss-reactive ketones (excluding diaryl/α,β-unsaturated/α-hetero) is 1. The van der Waals surface area contributed by atoms with Crippen molar-refractivity contribution in [1.82, 2.24) is 25.3 Å². The predicted octanol–water partition coefficient (Wildman–Crippen LogP) is -0.794. The van der Waals surface area contributed by atoms with Gasteiger partial charge in [-0.05, 0) is 23.1 Å². The quantitative estimate of drug-likeness (QED) is 0.338. The summed E-state index contributed by atoms with van der Waals surface area (Å²) in [6, 6.07) is 5.43. The van der Waals surface area contributed by atoms with Crippen molar-refractivity contribution in [1.29, 1.82) is 0 Å². The van der Waals surface area contributed by atoms with Gasteiger partial charge in [0.05, 0.1) is 6.04 Å². The van der Waals surface area contributed by atoms with Gasteiger partial charge in [-0.1, -0.05) is 18.2 Å². The van der Waals surface area contributed by atoms with Gasteiger partial charge in [0.25, 0.3) is 0 Å². The Morgan fingerprint density at radius 2 is 1.91 bits per heavy atom. The van der Waals surface area contributed by atoms with Gasteiger partial charge in [-0.15, -0.1) is 0 Å². The van der Waals surface area contributed by atoms with Crippen molar-refractivity contribution in [3.8, 4) is 0 Å². The Balaban J connectivity index is 1.30. The largest absolute Gasteiger partial charge is 0.314 e. The summed E-state index contributed by atoms with van der Waals surface area (Å²) in [5, 5.41) is 5.69. The molecule has 4 aliphatic rings. The molecule has 2 atom stereocenters. The summed E-state index contributed by atoms with van der Waals surface area (Å²) in [5.74, 6) is -1.23. The lowest BCUT2D eigenvalue weighted by atomic mass is 9.97. The molecule has 2 N–H and O–H groups in total. The lowest BCUT2D eigenvalue weighted by Gasteiger charge is -2.43. The number of hydrogen-bond donors (Lipinski definition) is 2. The minimum Gasteiger partial charge on any atom is -0.314 e. The van der Waals surface area contributed by atoms with Crippen LogP contribution in [0.15, 0.2) is 18.2 Å². The molecule has 32 heavy (non-hydrogen) atoms. The Kier molecular flexibility index (Phi) is 5.90. The number of hydrogen-bond acceptors (Lipinski definition) is 8. The lowest BCUT2D eigenvalue weighted by molar-refractivity contribution is -0.141. The molecule has 0 saturated carbocycles. The summed E-state index contributed by atoms with van der Waals surface area (Å²) < 4.78 is 0. The van der Waals surface area contributed by atoms with Crippen molar-refractivity contribution < 1.29 is 19.2 Å². The third-order valence-electron chi connectivity index (χ3n) is 7.27. The van der Waals surface area contributed by atoms with E-state index in [1.165, 1.54) is 0 Å². The van der Waals surface area contributed by atoms with E-state index in [4.69, 9.17) is 0 Å². The number of piperidine rings is 1. The van der Waals surface area contributed by atoms with Crippen LogP contribution in [0.25, 0.3) is 0 Å². The van der Waals surface area contributed by atoms with Gasteiger partial charge >= 0.3 is 0 Å². The number of nitrogens with one attached hydrogen (secondary N) is 2. The van der Waals surface area contributed by atoms with E-state index in [9.17, 15) is 19.2 Å². The maximum absolute atomic E-state index is 12.6. The van der Waals surface area contributed by atoms with E-state index in [-0.39, 0.29) is 12.3 Å². The maximum Gasteiger partial charge on any atom is 0.243 e. The average molecular weight is 440 g/mol. The van der Waals surface area contributed by atoms with Crippen molar-refractivity contribution in [3.05, 3.63) is 34.9 Å². The van der Waals surface area contributed by atoms with E-state index >= 15 is 0 Å². The summed E-state index contributed by atoms with van der Waals surface area (Å²) in [5.41, 5.74) is 2.88. The van der Waals surface area contributed by atoms with Gasteiger partial charge in [0.15, 0.2) is 6.29 Å². The minimum absolute atomic E-state index is 0.236. The number of imide groups is 1. The van der Waals surface area contributed by atoms with Gasteiger partial charge < -0.3 is 5.32 Å². The molecule has 3 fully saturated rings. The van der Waals surface area contributed by atoms with E-state index in [0.717, 1.165) is 62.5 Å². The molecule has 3 saturated heterocycles. The highest BCUT2D eigenvalue weighted by atomic mass is 16.2. The summed E-state index contributed by atoms with van der Waals surface area (Å²) in [6.07, 6.45) is 0.939. The monoisotopic (exact) mass is 439 g/mol. The normalized spacial score (nSPS) is 27.6. The minimum atomic E-state index is -0.769. The van der Waals surface area contributed by atoms with Crippen LogP contribution < -0.4 is 10.6 Å². The third-order valence-corrected chi connectivity index (χ3v) is 7.27. The second kappa shape index (κ2) is 8.82. The molecule has 2 unspecified atom stereocenters. The Morgan fingerprint density at radius 1 is 1.12 bits per heavy atom. The van der Waals surface area contributed by atoms with Crippen LogP contribution in [0.3, 0.4) is 0 Å². The highest BCUT2D eigenvalue weighted by Crippen LogP contribution is 2.38. The average Bonchev–Trinajstić information content (AvgIpc) is 3.12. The standard InChI is InChI=1S/C23H29N5O4/c29-14-20(30)22-18-9-15(12-26-5-7-27(8-6-26)17-10-24-11-17)1-2-16(18)13-28(22)19-3-4-21(31)25-23(19)32/h1-2,9,14,17,19,22,24H,3-8,10-13H2,(H,25,31,32). The van der Waals surface area contributed by atoms with Gasteiger partial charge in [-0.25, -0.2) is 0 Å². The van der Waals surface area contributed by atoms with Crippen LogP contribution in [0.4, 0.5) is 0 Å². The first-order valence-electron chi connectivity index (χ1n) is 11.4. The fourth-order valence-corrected chi connectivity index (χ4v) is 5.35. The molecule has 0 bridgehead atoms. The Morgan fingerprint density at radius 3 is 2.56 bits per heavy atom. The molecule has 2 amide bonds. The number of nitrogens with zero attached hydrogens (tertiary/aromatic N) is 3. The van der Waals surface area contributed by atoms with Crippen molar-refractivity contribution >= 4 is 23.9 Å². The van der Waals surface area contributed by atoms with Crippen LogP contribution in [0.5, 0.6) is 0 Å². The maximum atomic E-state index is 12.6. The van der Waals surface area contributed by atoms with E-state index in [1.54, 1.807) is 4.90 Å². The Hall–Kier alpha value is -2.46. The third kappa shape index (κ3) is 4.01. The van der Waals surface area contributed by atoms with Gasteiger partial charge in [-0.3, -0.25) is 39.2 Å². The van der Waals surface area contributed by atoms with Crippen LogP contribution in [-0.2, 0) is 32.3 Å². The zero-order valence-electron chi connectivity index (χ0n) is 18.1. The molecule has 1 aromatic carbocycles. The molecule has 4 aliphatic heterocycles. The highest BCUT2D eigenvalue weighted by Gasteiger charge is 2.43. The molecule has 9 nitrogen and oxygen atoms in total. The molecule has 0 radical (unpaired) electrons. The molecular weight excluding hydrogens is 410 g/mol. The highest BCUT2D eigenvalue weighted by molar-refractivity contribution is 6.27. The van der Waals surface area contributed by atoms with Crippen molar-refractivity contribution in [2.75, 3.05) is 39.3 Å². The van der Waals surface area contributed by atoms with Crippen LogP contribution in [-0.4, -0.2) is 89.9 Å². The number of amides is 2. The summed E-state index contributed by atoms with van der Waals surface area (Å²) >= 11 is 0. The van der Waals surface area contributed by atoms with Crippen LogP contribution in [0.1, 0.15) is 35.6 Å². The fourth-order valence-electron chi connectivity index (χ4n) is 5.35.